The summed E-state index contributed by atoms with van der Waals surface area (Å²) in [4.78, 5) is 2.34. The lowest BCUT2D eigenvalue weighted by Gasteiger charge is -2.40. The number of benzene rings is 1. The molecule has 0 aromatic heterocycles. The van der Waals surface area contributed by atoms with E-state index in [1.807, 2.05) is 6.07 Å². The molecule has 1 N–H and O–H groups in total. The number of likely N-dealkylation sites (tertiary alicyclic amines) is 1. The third kappa shape index (κ3) is 6.78. The molecule has 1 aliphatic heterocycles. The Morgan fingerprint density at radius 1 is 1.15 bits per heavy atom. The lowest BCUT2D eigenvalue weighted by Crippen LogP contribution is -2.48. The van der Waals surface area contributed by atoms with Gasteiger partial charge in [-0.2, -0.15) is 0 Å². The van der Waals surface area contributed by atoms with Crippen LogP contribution in [0.5, 0.6) is 11.5 Å². The number of aliphatic hydroxyl groups excluding tert-OH is 1. The van der Waals surface area contributed by atoms with Crippen LogP contribution in [0.15, 0.2) is 24.3 Å². The molecule has 0 bridgehead atoms. The van der Waals surface area contributed by atoms with Gasteiger partial charge in [-0.3, -0.25) is 4.90 Å². The summed E-state index contributed by atoms with van der Waals surface area (Å²) in [5.74, 6) is 0.956. The molecule has 1 aromatic carbocycles. The van der Waals surface area contributed by atoms with E-state index in [1.165, 1.54) is 12.7 Å². The summed E-state index contributed by atoms with van der Waals surface area (Å²) in [5.41, 5.74) is 0. The van der Waals surface area contributed by atoms with Crippen molar-refractivity contribution in [2.75, 3.05) is 31.8 Å². The first-order valence-corrected chi connectivity index (χ1v) is 11.3. The second-order valence-corrected chi connectivity index (χ2v) is 9.48. The molecule has 3 atom stereocenters. The highest BCUT2D eigenvalue weighted by Crippen LogP contribution is 2.27. The molecule has 1 saturated heterocycles. The summed E-state index contributed by atoms with van der Waals surface area (Å²) < 4.78 is 33.7. The van der Waals surface area contributed by atoms with E-state index in [0.717, 1.165) is 12.8 Å². The average molecular weight is 386 g/mol. The molecule has 0 saturated carbocycles. The fraction of sp³-hybridized carbons (Fsp3) is 0.684. The summed E-state index contributed by atoms with van der Waals surface area (Å²) >= 11 is 0. The fourth-order valence-electron chi connectivity index (χ4n) is 3.31. The van der Waals surface area contributed by atoms with Crippen molar-refractivity contribution >= 4 is 9.84 Å². The standard InChI is InChI=1S/C19H31NO5S/c1-15-7-6-8-16(2)20(15)13-17(21)14-25-19-10-5-4-9-18(19)24-11-12-26(3,22)23/h4-5,9-10,15-17,21H,6-8,11-14H2,1-3H3. The summed E-state index contributed by atoms with van der Waals surface area (Å²) in [6.45, 7) is 5.23. The molecule has 1 aromatic rings. The maximum Gasteiger partial charge on any atom is 0.161 e. The van der Waals surface area contributed by atoms with Gasteiger partial charge in [0.2, 0.25) is 0 Å². The predicted molar refractivity (Wildman–Crippen MR) is 103 cm³/mol. The summed E-state index contributed by atoms with van der Waals surface area (Å²) in [6, 6.07) is 8.06. The van der Waals surface area contributed by atoms with E-state index < -0.39 is 15.9 Å². The molecule has 1 heterocycles. The van der Waals surface area contributed by atoms with Crippen molar-refractivity contribution in [2.24, 2.45) is 0 Å². The monoisotopic (exact) mass is 385 g/mol. The van der Waals surface area contributed by atoms with Gasteiger partial charge in [-0.05, 0) is 38.8 Å². The van der Waals surface area contributed by atoms with Crippen LogP contribution in [-0.4, -0.2) is 68.4 Å². The van der Waals surface area contributed by atoms with Crippen molar-refractivity contribution in [1.82, 2.24) is 4.90 Å². The Morgan fingerprint density at radius 2 is 1.73 bits per heavy atom. The molecule has 0 spiro atoms. The van der Waals surface area contributed by atoms with E-state index >= 15 is 0 Å². The topological polar surface area (TPSA) is 76.1 Å². The van der Waals surface area contributed by atoms with Crippen molar-refractivity contribution in [3.8, 4) is 11.5 Å². The Bertz CT molecular complexity index is 654. The quantitative estimate of drug-likeness (QED) is 0.702. The van der Waals surface area contributed by atoms with Crippen LogP contribution in [0.25, 0.3) is 0 Å². The van der Waals surface area contributed by atoms with Crippen LogP contribution in [0, 0.1) is 0 Å². The highest BCUT2D eigenvalue weighted by molar-refractivity contribution is 7.90. The van der Waals surface area contributed by atoms with E-state index in [1.54, 1.807) is 18.2 Å². The summed E-state index contributed by atoms with van der Waals surface area (Å²) in [5, 5.41) is 10.4. The average Bonchev–Trinajstić information content (AvgIpc) is 2.56. The van der Waals surface area contributed by atoms with Crippen LogP contribution >= 0.6 is 0 Å². The van der Waals surface area contributed by atoms with Crippen LogP contribution in [-0.2, 0) is 9.84 Å². The van der Waals surface area contributed by atoms with E-state index in [2.05, 4.69) is 18.7 Å². The summed E-state index contributed by atoms with van der Waals surface area (Å²) in [7, 11) is -3.07. The van der Waals surface area contributed by atoms with Gasteiger partial charge in [0, 0.05) is 24.9 Å². The maximum atomic E-state index is 11.2. The van der Waals surface area contributed by atoms with Gasteiger partial charge in [-0.25, -0.2) is 8.42 Å². The number of nitrogens with zero attached hydrogens (tertiary/aromatic N) is 1. The van der Waals surface area contributed by atoms with E-state index in [-0.39, 0.29) is 19.0 Å². The largest absolute Gasteiger partial charge is 0.489 e. The van der Waals surface area contributed by atoms with Gasteiger partial charge in [0.05, 0.1) is 5.75 Å². The first-order valence-electron chi connectivity index (χ1n) is 9.22. The minimum absolute atomic E-state index is 0.0469. The van der Waals surface area contributed by atoms with Gasteiger partial charge in [-0.1, -0.05) is 18.6 Å². The first kappa shape index (κ1) is 21.0. The van der Waals surface area contributed by atoms with Gasteiger partial charge < -0.3 is 14.6 Å². The molecule has 1 fully saturated rings. The fourth-order valence-corrected chi connectivity index (χ4v) is 3.69. The Kier molecular flexibility index (Phi) is 7.73. The molecule has 2 rings (SSSR count). The number of rotatable bonds is 9. The number of ether oxygens (including phenoxy) is 2. The highest BCUT2D eigenvalue weighted by atomic mass is 32.2. The minimum Gasteiger partial charge on any atom is -0.489 e. The molecule has 148 valence electrons. The van der Waals surface area contributed by atoms with Crippen molar-refractivity contribution < 1.29 is 23.0 Å². The van der Waals surface area contributed by atoms with Crippen LogP contribution in [0.3, 0.4) is 0 Å². The number of para-hydroxylation sites is 2. The molecule has 0 amide bonds. The normalized spacial score (nSPS) is 22.8. The number of hydrogen-bond acceptors (Lipinski definition) is 6. The van der Waals surface area contributed by atoms with Crippen LogP contribution in [0.2, 0.25) is 0 Å². The van der Waals surface area contributed by atoms with Gasteiger partial charge in [0.25, 0.3) is 0 Å². The first-order chi connectivity index (χ1) is 12.3. The SMILES string of the molecule is CC1CCCC(C)N1CC(O)COc1ccccc1OCCS(C)(=O)=O. The van der Waals surface area contributed by atoms with Crippen molar-refractivity contribution in [3.05, 3.63) is 24.3 Å². The lowest BCUT2D eigenvalue weighted by atomic mass is 9.97. The van der Waals surface area contributed by atoms with Crippen LogP contribution in [0.1, 0.15) is 33.1 Å². The Morgan fingerprint density at radius 3 is 2.31 bits per heavy atom. The molecule has 0 aliphatic carbocycles. The molecule has 0 radical (unpaired) electrons. The second-order valence-electron chi connectivity index (χ2n) is 7.22. The highest BCUT2D eigenvalue weighted by Gasteiger charge is 2.26. The third-order valence-corrected chi connectivity index (χ3v) is 5.70. The predicted octanol–water partition coefficient (Wildman–Crippen LogP) is 2.11. The number of piperidine rings is 1. The second kappa shape index (κ2) is 9.58. The zero-order chi connectivity index (χ0) is 19.2. The van der Waals surface area contributed by atoms with Crippen molar-refractivity contribution in [2.45, 2.75) is 51.3 Å². The van der Waals surface area contributed by atoms with Crippen molar-refractivity contribution in [1.29, 1.82) is 0 Å². The van der Waals surface area contributed by atoms with E-state index in [0.29, 0.717) is 30.1 Å². The van der Waals surface area contributed by atoms with E-state index in [4.69, 9.17) is 9.47 Å². The molecule has 7 heteroatoms. The molecule has 1 aliphatic rings. The zero-order valence-corrected chi connectivity index (χ0v) is 16.7. The minimum atomic E-state index is -3.07. The number of aliphatic hydroxyl groups is 1. The summed E-state index contributed by atoms with van der Waals surface area (Å²) in [6.07, 6.45) is 4.15. The Balaban J connectivity index is 1.86. The van der Waals surface area contributed by atoms with Gasteiger partial charge in [0.1, 0.15) is 19.3 Å². The third-order valence-electron chi connectivity index (χ3n) is 4.79. The van der Waals surface area contributed by atoms with E-state index in [9.17, 15) is 13.5 Å². The Labute approximate surface area is 157 Å². The molecular formula is C19H31NO5S. The Hall–Kier alpha value is -1.31. The van der Waals surface area contributed by atoms with Gasteiger partial charge in [0.15, 0.2) is 21.3 Å². The zero-order valence-electron chi connectivity index (χ0n) is 15.9. The van der Waals surface area contributed by atoms with Crippen LogP contribution in [0.4, 0.5) is 0 Å². The molecule has 3 unspecified atom stereocenters. The van der Waals surface area contributed by atoms with Gasteiger partial charge >= 0.3 is 0 Å². The molecule has 26 heavy (non-hydrogen) atoms. The number of sulfone groups is 1. The smallest absolute Gasteiger partial charge is 0.161 e. The molecular weight excluding hydrogens is 354 g/mol. The number of hydrogen-bond donors (Lipinski definition) is 1. The lowest BCUT2D eigenvalue weighted by molar-refractivity contribution is 0.0204. The van der Waals surface area contributed by atoms with Crippen LogP contribution < -0.4 is 9.47 Å². The van der Waals surface area contributed by atoms with Crippen molar-refractivity contribution in [3.63, 3.8) is 0 Å². The van der Waals surface area contributed by atoms with Gasteiger partial charge in [-0.15, -0.1) is 0 Å². The number of β-amino-alcohol motifs (C(OH)–C–C–N with tert-alkyl or cyclic N) is 1. The molecule has 6 nitrogen and oxygen atoms in total. The maximum absolute atomic E-state index is 11.2.